The van der Waals surface area contributed by atoms with Crippen LogP contribution in [0.4, 0.5) is 0 Å². The van der Waals surface area contributed by atoms with E-state index in [2.05, 4.69) is 18.4 Å². The van der Waals surface area contributed by atoms with Crippen LogP contribution in [0.25, 0.3) is 0 Å². The van der Waals surface area contributed by atoms with Crippen molar-refractivity contribution in [1.29, 1.82) is 0 Å². The van der Waals surface area contributed by atoms with Crippen LogP contribution in [0.5, 0.6) is 0 Å². The molecule has 0 aromatic rings. The lowest BCUT2D eigenvalue weighted by Gasteiger charge is -2.05. The van der Waals surface area contributed by atoms with Crippen molar-refractivity contribution in [2.24, 2.45) is 5.92 Å². The monoisotopic (exact) mass is 362 g/mol. The van der Waals surface area contributed by atoms with Crippen molar-refractivity contribution in [3.63, 3.8) is 0 Å². The molecule has 1 fully saturated rings. The Hall–Kier alpha value is -1.27. The topological polar surface area (TPSA) is 46.5 Å². The van der Waals surface area contributed by atoms with E-state index >= 15 is 0 Å². The summed E-state index contributed by atoms with van der Waals surface area (Å²) >= 11 is 0. The summed E-state index contributed by atoms with van der Waals surface area (Å²) in [6.07, 6.45) is 18.9. The highest BCUT2D eigenvalue weighted by Crippen LogP contribution is 2.26. The highest BCUT2D eigenvalue weighted by Gasteiger charge is 2.33. The molecule has 1 aliphatic heterocycles. The molecule has 2 atom stereocenters. The molecule has 148 valence electrons. The first-order valence-corrected chi connectivity index (χ1v) is 10.7. The van der Waals surface area contributed by atoms with Crippen LogP contribution < -0.4 is 0 Å². The quantitative estimate of drug-likeness (QED) is 0.179. The molecule has 0 bridgehead atoms. The van der Waals surface area contributed by atoms with E-state index in [1.165, 1.54) is 57.8 Å². The fourth-order valence-corrected chi connectivity index (χ4v) is 3.41. The third-order valence-corrected chi connectivity index (χ3v) is 5.06. The summed E-state index contributed by atoms with van der Waals surface area (Å²) in [4.78, 5) is 11.6. The van der Waals surface area contributed by atoms with Gasteiger partial charge in [-0.25, -0.2) is 0 Å². The molecular formula is C23H38O3. The molecule has 0 radical (unpaired) electrons. The smallest absolute Gasteiger partial charge is 0.309 e. The molecule has 0 aromatic heterocycles. The molecule has 3 heteroatoms. The zero-order valence-corrected chi connectivity index (χ0v) is 16.5. The van der Waals surface area contributed by atoms with Crippen molar-refractivity contribution >= 4 is 5.97 Å². The van der Waals surface area contributed by atoms with E-state index in [1.54, 1.807) is 0 Å². The highest BCUT2D eigenvalue weighted by molar-refractivity contribution is 5.74. The third-order valence-electron chi connectivity index (χ3n) is 5.06. The molecule has 0 aromatic carbocycles. The lowest BCUT2D eigenvalue weighted by molar-refractivity contribution is -0.145. The van der Waals surface area contributed by atoms with Gasteiger partial charge in [-0.05, 0) is 38.5 Å². The molecule has 1 rings (SSSR count). The van der Waals surface area contributed by atoms with Crippen molar-refractivity contribution in [1.82, 2.24) is 0 Å². The van der Waals surface area contributed by atoms with Crippen molar-refractivity contribution in [2.45, 2.75) is 102 Å². The maximum atomic E-state index is 11.6. The van der Waals surface area contributed by atoms with Crippen LogP contribution in [0.1, 0.15) is 96.3 Å². The molecule has 1 saturated heterocycles. The zero-order valence-electron chi connectivity index (χ0n) is 16.5. The van der Waals surface area contributed by atoms with Crippen LogP contribution in [0.15, 0.2) is 12.7 Å². The second kappa shape index (κ2) is 15.9. The van der Waals surface area contributed by atoms with E-state index in [0.717, 1.165) is 32.1 Å². The van der Waals surface area contributed by atoms with E-state index in [0.29, 0.717) is 6.42 Å². The number of ether oxygens (including phenoxy) is 1. The van der Waals surface area contributed by atoms with Crippen molar-refractivity contribution in [2.75, 3.05) is 6.61 Å². The van der Waals surface area contributed by atoms with Gasteiger partial charge in [-0.1, -0.05) is 51.0 Å². The number of aliphatic hydroxyl groups excluding tert-OH is 1. The number of rotatable bonds is 15. The molecule has 1 heterocycles. The number of unbranched alkanes of at least 4 members (excludes halogenated alkanes) is 11. The number of carbonyl (C=O) groups is 1. The lowest BCUT2D eigenvalue weighted by atomic mass is 9.97. The van der Waals surface area contributed by atoms with Gasteiger partial charge in [0, 0.05) is 12.8 Å². The number of hydrogen-bond acceptors (Lipinski definition) is 3. The van der Waals surface area contributed by atoms with Crippen LogP contribution >= 0.6 is 0 Å². The normalized spacial score (nSPS) is 19.0. The average molecular weight is 363 g/mol. The largest absolute Gasteiger partial charge is 0.460 e. The molecule has 0 spiro atoms. The van der Waals surface area contributed by atoms with Gasteiger partial charge in [-0.15, -0.1) is 18.4 Å². The summed E-state index contributed by atoms with van der Waals surface area (Å²) < 4.78 is 5.10. The fraction of sp³-hybridized carbons (Fsp3) is 0.783. The van der Waals surface area contributed by atoms with Gasteiger partial charge in [0.2, 0.25) is 0 Å². The Morgan fingerprint density at radius 2 is 1.54 bits per heavy atom. The average Bonchev–Trinajstić information content (AvgIpc) is 3.01. The predicted octanol–water partition coefficient (Wildman–Crippen LogP) is 5.56. The molecule has 0 unspecified atom stereocenters. The molecule has 1 aliphatic rings. The summed E-state index contributed by atoms with van der Waals surface area (Å²) in [5.41, 5.74) is 0. The number of cyclic esters (lactones) is 1. The SMILES string of the molecule is C=CCCCCCCC#CCCCCCCCC[C@@H]1C[C@@H](CO)OC1=O. The van der Waals surface area contributed by atoms with Gasteiger partial charge in [-0.2, -0.15) is 0 Å². The predicted molar refractivity (Wildman–Crippen MR) is 108 cm³/mol. The van der Waals surface area contributed by atoms with E-state index in [4.69, 9.17) is 9.84 Å². The third kappa shape index (κ3) is 11.4. The minimum atomic E-state index is -0.258. The van der Waals surface area contributed by atoms with Gasteiger partial charge in [0.25, 0.3) is 0 Å². The van der Waals surface area contributed by atoms with Crippen molar-refractivity contribution in [3.05, 3.63) is 12.7 Å². The summed E-state index contributed by atoms with van der Waals surface area (Å²) in [7, 11) is 0. The van der Waals surface area contributed by atoms with Gasteiger partial charge < -0.3 is 9.84 Å². The number of hydrogen-bond donors (Lipinski definition) is 1. The summed E-state index contributed by atoms with van der Waals surface area (Å²) in [6.45, 7) is 3.70. The van der Waals surface area contributed by atoms with Gasteiger partial charge in [0.1, 0.15) is 6.10 Å². The second-order valence-electron chi connectivity index (χ2n) is 7.43. The second-order valence-corrected chi connectivity index (χ2v) is 7.43. The first-order valence-electron chi connectivity index (χ1n) is 10.7. The maximum absolute atomic E-state index is 11.6. The van der Waals surface area contributed by atoms with Crippen LogP contribution in [0, 0.1) is 17.8 Å². The van der Waals surface area contributed by atoms with Gasteiger partial charge in [-0.3, -0.25) is 4.79 Å². The number of aliphatic hydroxyl groups is 1. The first-order chi connectivity index (χ1) is 12.8. The Labute approximate surface area is 160 Å². The van der Waals surface area contributed by atoms with Gasteiger partial charge >= 0.3 is 5.97 Å². The Balaban J connectivity index is 1.82. The minimum Gasteiger partial charge on any atom is -0.460 e. The summed E-state index contributed by atoms with van der Waals surface area (Å²) in [6, 6.07) is 0. The minimum absolute atomic E-state index is 0.0180. The van der Waals surface area contributed by atoms with Crippen LogP contribution in [0.3, 0.4) is 0 Å². The lowest BCUT2D eigenvalue weighted by Crippen LogP contribution is -2.10. The van der Waals surface area contributed by atoms with E-state index in [1.807, 2.05) is 6.08 Å². The van der Waals surface area contributed by atoms with Gasteiger partial charge in [0.15, 0.2) is 0 Å². The number of carbonyl (C=O) groups excluding carboxylic acids is 1. The summed E-state index contributed by atoms with van der Waals surface area (Å²) in [5, 5.41) is 9.02. The maximum Gasteiger partial charge on any atom is 0.309 e. The Morgan fingerprint density at radius 1 is 0.962 bits per heavy atom. The summed E-state index contributed by atoms with van der Waals surface area (Å²) in [5.74, 6) is 6.51. The molecule has 1 N–H and O–H groups in total. The zero-order chi connectivity index (χ0) is 18.9. The molecule has 0 amide bonds. The Bertz CT molecular complexity index is 432. The van der Waals surface area contributed by atoms with Crippen LogP contribution in [-0.4, -0.2) is 23.8 Å². The van der Waals surface area contributed by atoms with Gasteiger partial charge in [0.05, 0.1) is 12.5 Å². The van der Waals surface area contributed by atoms with E-state index in [-0.39, 0.29) is 24.6 Å². The first kappa shape index (κ1) is 22.8. The molecule has 0 saturated carbocycles. The van der Waals surface area contributed by atoms with Crippen molar-refractivity contribution < 1.29 is 14.6 Å². The number of esters is 1. The van der Waals surface area contributed by atoms with Crippen LogP contribution in [-0.2, 0) is 9.53 Å². The standard InChI is InChI=1S/C23H38O3/c1-2-3-4-5-6-7-8-9-10-11-12-13-14-15-16-17-18-21-19-22(20-24)26-23(21)25/h2,21-22,24H,1,3-8,11-20H2/t21-,22+/m1/s1. The molecule has 3 nitrogen and oxygen atoms in total. The highest BCUT2D eigenvalue weighted by atomic mass is 16.6. The molecule has 0 aliphatic carbocycles. The van der Waals surface area contributed by atoms with Crippen molar-refractivity contribution in [3.8, 4) is 11.8 Å². The molecular weight excluding hydrogens is 324 g/mol. The molecule has 26 heavy (non-hydrogen) atoms. The Kier molecular flexibility index (Phi) is 14.0. The Morgan fingerprint density at radius 3 is 2.12 bits per heavy atom. The number of allylic oxidation sites excluding steroid dienone is 1. The van der Waals surface area contributed by atoms with E-state index in [9.17, 15) is 4.79 Å². The fourth-order valence-electron chi connectivity index (χ4n) is 3.41. The van der Waals surface area contributed by atoms with E-state index < -0.39 is 0 Å². The van der Waals surface area contributed by atoms with Crippen LogP contribution in [0.2, 0.25) is 0 Å².